The topological polar surface area (TPSA) is 54.2 Å². The van der Waals surface area contributed by atoms with Gasteiger partial charge in [0.2, 0.25) is 0 Å². The van der Waals surface area contributed by atoms with Crippen molar-refractivity contribution in [3.63, 3.8) is 0 Å². The number of fused-ring (bicyclic) bond motifs is 1. The molecule has 1 fully saturated rings. The molecule has 1 aliphatic heterocycles. The number of nitrogen functional groups attached to an aromatic ring is 1. The minimum Gasteiger partial charge on any atom is -0.398 e. The Hall–Kier alpha value is -1.81. The first-order chi connectivity index (χ1) is 9.75. The molecule has 0 aliphatic carbocycles. The number of nitrogens with zero attached hydrogens (tertiary/aromatic N) is 2. The van der Waals surface area contributed by atoms with Gasteiger partial charge in [0.25, 0.3) is 0 Å². The average Bonchev–Trinajstić information content (AvgIpc) is 3.01. The van der Waals surface area contributed by atoms with Crippen molar-refractivity contribution < 1.29 is 0 Å². The van der Waals surface area contributed by atoms with Crippen LogP contribution in [0.5, 0.6) is 0 Å². The highest BCUT2D eigenvalue weighted by molar-refractivity contribution is 6.00. The second-order valence-corrected chi connectivity index (χ2v) is 5.60. The van der Waals surface area contributed by atoms with Gasteiger partial charge < -0.3 is 11.1 Å². The Bertz CT molecular complexity index is 590. The van der Waals surface area contributed by atoms with Gasteiger partial charge in [-0.1, -0.05) is 0 Å². The van der Waals surface area contributed by atoms with Gasteiger partial charge in [-0.15, -0.1) is 0 Å². The van der Waals surface area contributed by atoms with Crippen molar-refractivity contribution in [3.8, 4) is 0 Å². The molecule has 1 unspecified atom stereocenters. The number of benzene rings is 1. The van der Waals surface area contributed by atoms with E-state index in [1.54, 1.807) is 6.20 Å². The second-order valence-electron chi connectivity index (χ2n) is 5.60. The van der Waals surface area contributed by atoms with E-state index in [0.717, 1.165) is 28.7 Å². The number of nitrogens with one attached hydrogen (secondary N) is 1. The molecule has 2 heterocycles. The van der Waals surface area contributed by atoms with E-state index in [1.165, 1.54) is 25.9 Å². The van der Waals surface area contributed by atoms with Gasteiger partial charge >= 0.3 is 0 Å². The van der Waals surface area contributed by atoms with Crippen LogP contribution in [-0.2, 0) is 0 Å². The lowest BCUT2D eigenvalue weighted by molar-refractivity contribution is 0.269. The minimum atomic E-state index is 0.557. The van der Waals surface area contributed by atoms with Crippen molar-refractivity contribution in [1.82, 2.24) is 9.88 Å². The zero-order valence-electron chi connectivity index (χ0n) is 12.0. The summed E-state index contributed by atoms with van der Waals surface area (Å²) in [5.74, 6) is 0. The van der Waals surface area contributed by atoms with Crippen molar-refractivity contribution in [2.45, 2.75) is 25.8 Å². The first-order valence-electron chi connectivity index (χ1n) is 7.36. The van der Waals surface area contributed by atoms with E-state index in [0.29, 0.717) is 6.04 Å². The van der Waals surface area contributed by atoms with Crippen molar-refractivity contribution in [2.75, 3.05) is 30.7 Å². The Morgan fingerprint density at radius 1 is 1.25 bits per heavy atom. The van der Waals surface area contributed by atoms with Gasteiger partial charge in [0.1, 0.15) is 0 Å². The number of aromatic nitrogens is 1. The lowest BCUT2D eigenvalue weighted by Crippen LogP contribution is -2.35. The molecule has 0 amide bonds. The van der Waals surface area contributed by atoms with Gasteiger partial charge in [0.15, 0.2) is 0 Å². The summed E-state index contributed by atoms with van der Waals surface area (Å²) in [7, 11) is 0. The van der Waals surface area contributed by atoms with E-state index in [9.17, 15) is 0 Å². The van der Waals surface area contributed by atoms with Crippen LogP contribution in [0.15, 0.2) is 30.6 Å². The van der Waals surface area contributed by atoms with Gasteiger partial charge in [-0.2, -0.15) is 0 Å². The third kappa shape index (κ3) is 2.56. The quantitative estimate of drug-likeness (QED) is 0.839. The van der Waals surface area contributed by atoms with Crippen LogP contribution < -0.4 is 11.1 Å². The minimum absolute atomic E-state index is 0.557. The van der Waals surface area contributed by atoms with Gasteiger partial charge in [0.05, 0.1) is 0 Å². The molecule has 1 aromatic carbocycles. The van der Waals surface area contributed by atoms with E-state index < -0.39 is 0 Å². The van der Waals surface area contributed by atoms with E-state index in [1.807, 2.05) is 18.3 Å². The molecule has 1 aromatic heterocycles. The largest absolute Gasteiger partial charge is 0.398 e. The zero-order valence-corrected chi connectivity index (χ0v) is 12.0. The molecule has 1 atom stereocenters. The standard InChI is InChI=1S/C16H22N4/c1-12(20-8-2-3-9-20)10-19-16-5-4-15(17)13-6-7-18-11-14(13)16/h4-7,11-12,19H,2-3,8-10,17H2,1H3. The fourth-order valence-corrected chi connectivity index (χ4v) is 2.94. The molecule has 4 nitrogen and oxygen atoms in total. The van der Waals surface area contributed by atoms with E-state index in [-0.39, 0.29) is 0 Å². The maximum atomic E-state index is 6.02. The highest BCUT2D eigenvalue weighted by Gasteiger charge is 2.17. The molecule has 4 heteroatoms. The Kier molecular flexibility index (Phi) is 3.74. The van der Waals surface area contributed by atoms with Crippen LogP contribution in [0.25, 0.3) is 10.8 Å². The SMILES string of the molecule is CC(CNc1ccc(N)c2ccncc12)N1CCCC1. The van der Waals surface area contributed by atoms with Crippen LogP contribution in [0.3, 0.4) is 0 Å². The van der Waals surface area contributed by atoms with Crippen molar-refractivity contribution >= 4 is 22.1 Å². The predicted molar refractivity (Wildman–Crippen MR) is 84.9 cm³/mol. The summed E-state index contributed by atoms with van der Waals surface area (Å²) in [6.45, 7) is 5.70. The molecular weight excluding hydrogens is 248 g/mol. The Morgan fingerprint density at radius 3 is 2.85 bits per heavy atom. The lowest BCUT2D eigenvalue weighted by atomic mass is 10.1. The first-order valence-corrected chi connectivity index (χ1v) is 7.36. The van der Waals surface area contributed by atoms with Gasteiger partial charge in [0, 0.05) is 47.1 Å². The van der Waals surface area contributed by atoms with Crippen LogP contribution in [0.1, 0.15) is 19.8 Å². The van der Waals surface area contributed by atoms with Crippen molar-refractivity contribution in [1.29, 1.82) is 0 Å². The third-order valence-corrected chi connectivity index (χ3v) is 4.20. The highest BCUT2D eigenvalue weighted by Crippen LogP contribution is 2.27. The smallest absolute Gasteiger partial charge is 0.0437 e. The molecule has 106 valence electrons. The third-order valence-electron chi connectivity index (χ3n) is 4.20. The second kappa shape index (κ2) is 5.67. The molecule has 0 bridgehead atoms. The van der Waals surface area contributed by atoms with Gasteiger partial charge in [-0.25, -0.2) is 0 Å². The number of nitrogens with two attached hydrogens (primary N) is 1. The number of hydrogen-bond donors (Lipinski definition) is 2. The Balaban J connectivity index is 1.76. The van der Waals surface area contributed by atoms with Crippen LogP contribution in [0.2, 0.25) is 0 Å². The maximum absolute atomic E-state index is 6.02. The number of pyridine rings is 1. The molecule has 3 rings (SSSR count). The monoisotopic (exact) mass is 270 g/mol. The zero-order chi connectivity index (χ0) is 13.9. The molecule has 20 heavy (non-hydrogen) atoms. The molecule has 0 spiro atoms. The summed E-state index contributed by atoms with van der Waals surface area (Å²) in [5, 5.41) is 5.72. The van der Waals surface area contributed by atoms with Gasteiger partial charge in [-0.05, 0) is 51.1 Å². The molecule has 1 saturated heterocycles. The van der Waals surface area contributed by atoms with Gasteiger partial charge in [-0.3, -0.25) is 9.88 Å². The van der Waals surface area contributed by atoms with E-state index in [4.69, 9.17) is 5.73 Å². The summed E-state index contributed by atoms with van der Waals surface area (Å²) < 4.78 is 0. The number of likely N-dealkylation sites (tertiary alicyclic amines) is 1. The number of anilines is 2. The summed E-state index contributed by atoms with van der Waals surface area (Å²) in [4.78, 5) is 6.76. The molecule has 3 N–H and O–H groups in total. The normalized spacial score (nSPS) is 17.4. The molecule has 0 saturated carbocycles. The summed E-state index contributed by atoms with van der Waals surface area (Å²) in [6, 6.07) is 6.54. The van der Waals surface area contributed by atoms with Crippen LogP contribution in [-0.4, -0.2) is 35.6 Å². The molecule has 1 aliphatic rings. The van der Waals surface area contributed by atoms with Crippen LogP contribution >= 0.6 is 0 Å². The summed E-state index contributed by atoms with van der Waals surface area (Å²) in [6.07, 6.45) is 6.34. The lowest BCUT2D eigenvalue weighted by Gasteiger charge is -2.24. The van der Waals surface area contributed by atoms with Crippen LogP contribution in [0.4, 0.5) is 11.4 Å². The molecule has 0 radical (unpaired) electrons. The van der Waals surface area contributed by atoms with Crippen LogP contribution in [0, 0.1) is 0 Å². The maximum Gasteiger partial charge on any atom is 0.0437 e. The highest BCUT2D eigenvalue weighted by atomic mass is 15.2. The summed E-state index contributed by atoms with van der Waals surface area (Å²) >= 11 is 0. The molecular formula is C16H22N4. The van der Waals surface area contributed by atoms with E-state index in [2.05, 4.69) is 28.2 Å². The average molecular weight is 270 g/mol. The van der Waals surface area contributed by atoms with E-state index >= 15 is 0 Å². The fourth-order valence-electron chi connectivity index (χ4n) is 2.94. The van der Waals surface area contributed by atoms with Crippen molar-refractivity contribution in [3.05, 3.63) is 30.6 Å². The number of hydrogen-bond acceptors (Lipinski definition) is 4. The van der Waals surface area contributed by atoms with Crippen molar-refractivity contribution in [2.24, 2.45) is 0 Å². The Morgan fingerprint density at radius 2 is 2.05 bits per heavy atom. The fraction of sp³-hybridized carbons (Fsp3) is 0.438. The first kappa shape index (κ1) is 13.2. The predicted octanol–water partition coefficient (Wildman–Crippen LogP) is 2.71. The Labute approximate surface area is 120 Å². The molecule has 2 aromatic rings. The number of rotatable bonds is 4. The summed E-state index contributed by atoms with van der Waals surface area (Å²) in [5.41, 5.74) is 7.94.